The van der Waals surface area contributed by atoms with E-state index in [2.05, 4.69) is 5.32 Å². The highest BCUT2D eigenvalue weighted by Gasteiger charge is 2.22. The van der Waals surface area contributed by atoms with Gasteiger partial charge >= 0.3 is 0 Å². The lowest BCUT2D eigenvalue weighted by Gasteiger charge is -2.15. The van der Waals surface area contributed by atoms with Crippen LogP contribution in [-0.2, 0) is 16.1 Å². The number of amides is 2. The highest BCUT2D eigenvalue weighted by molar-refractivity contribution is 6.31. The molecular formula is C13H14ClFN2O2. The van der Waals surface area contributed by atoms with E-state index in [1.54, 1.807) is 0 Å². The van der Waals surface area contributed by atoms with Gasteiger partial charge in [0.05, 0.1) is 6.54 Å². The van der Waals surface area contributed by atoms with Crippen molar-refractivity contribution in [3.63, 3.8) is 0 Å². The van der Waals surface area contributed by atoms with Gasteiger partial charge in [0.1, 0.15) is 5.82 Å². The van der Waals surface area contributed by atoms with Crippen LogP contribution in [0, 0.1) is 5.82 Å². The maximum Gasteiger partial charge on any atom is 0.239 e. The third-order valence-corrected chi connectivity index (χ3v) is 3.35. The molecule has 1 aliphatic rings. The molecule has 1 aromatic rings. The Morgan fingerprint density at radius 2 is 2.26 bits per heavy atom. The SMILES string of the molecule is O=C(CN1CCCC1=O)NCc1ccc(F)cc1Cl. The van der Waals surface area contributed by atoms with Gasteiger partial charge in [-0.3, -0.25) is 9.59 Å². The van der Waals surface area contributed by atoms with Crippen LogP contribution >= 0.6 is 11.6 Å². The van der Waals surface area contributed by atoms with Crippen molar-refractivity contribution in [1.29, 1.82) is 0 Å². The van der Waals surface area contributed by atoms with Crippen LogP contribution in [-0.4, -0.2) is 29.8 Å². The molecule has 0 spiro atoms. The number of rotatable bonds is 4. The number of carbonyl (C=O) groups is 2. The van der Waals surface area contributed by atoms with Crippen LogP contribution in [0.5, 0.6) is 0 Å². The zero-order valence-electron chi connectivity index (χ0n) is 10.3. The van der Waals surface area contributed by atoms with Crippen molar-refractivity contribution in [2.24, 2.45) is 0 Å². The van der Waals surface area contributed by atoms with Crippen molar-refractivity contribution < 1.29 is 14.0 Å². The summed E-state index contributed by atoms with van der Waals surface area (Å²) in [7, 11) is 0. The lowest BCUT2D eigenvalue weighted by Crippen LogP contribution is -2.37. The number of likely N-dealkylation sites (tertiary alicyclic amines) is 1. The first kappa shape index (κ1) is 13.8. The molecule has 0 bridgehead atoms. The zero-order valence-corrected chi connectivity index (χ0v) is 11.0. The van der Waals surface area contributed by atoms with E-state index in [0.29, 0.717) is 18.5 Å². The van der Waals surface area contributed by atoms with Crippen LogP contribution in [0.1, 0.15) is 18.4 Å². The van der Waals surface area contributed by atoms with Crippen LogP contribution in [0.25, 0.3) is 0 Å². The van der Waals surface area contributed by atoms with Crippen LogP contribution < -0.4 is 5.32 Å². The van der Waals surface area contributed by atoms with Gasteiger partial charge < -0.3 is 10.2 Å². The Labute approximate surface area is 115 Å². The van der Waals surface area contributed by atoms with E-state index in [9.17, 15) is 14.0 Å². The number of hydrogen-bond donors (Lipinski definition) is 1. The maximum atomic E-state index is 12.8. The first-order valence-electron chi connectivity index (χ1n) is 6.04. The summed E-state index contributed by atoms with van der Waals surface area (Å²) in [5.41, 5.74) is 0.643. The Balaban J connectivity index is 1.84. The molecule has 4 nitrogen and oxygen atoms in total. The summed E-state index contributed by atoms with van der Waals surface area (Å²) < 4.78 is 12.8. The fraction of sp³-hybridized carbons (Fsp3) is 0.385. The molecule has 6 heteroatoms. The average Bonchev–Trinajstić information content (AvgIpc) is 2.74. The second kappa shape index (κ2) is 6.02. The Kier molecular flexibility index (Phi) is 4.37. The fourth-order valence-corrected chi connectivity index (χ4v) is 2.19. The molecule has 1 aliphatic heterocycles. The van der Waals surface area contributed by atoms with E-state index in [0.717, 1.165) is 6.42 Å². The lowest BCUT2D eigenvalue weighted by atomic mass is 10.2. The summed E-state index contributed by atoms with van der Waals surface area (Å²) in [5, 5.41) is 2.94. The molecule has 1 fully saturated rings. The summed E-state index contributed by atoms with van der Waals surface area (Å²) in [6.07, 6.45) is 1.31. The van der Waals surface area contributed by atoms with E-state index < -0.39 is 5.82 Å². The molecule has 0 atom stereocenters. The van der Waals surface area contributed by atoms with Gasteiger partial charge in [-0.05, 0) is 24.1 Å². The van der Waals surface area contributed by atoms with E-state index in [4.69, 9.17) is 11.6 Å². The van der Waals surface area contributed by atoms with Gasteiger partial charge in [0.25, 0.3) is 0 Å². The molecule has 0 aliphatic carbocycles. The highest BCUT2D eigenvalue weighted by atomic mass is 35.5. The number of hydrogen-bond acceptors (Lipinski definition) is 2. The number of nitrogens with one attached hydrogen (secondary N) is 1. The van der Waals surface area contributed by atoms with Crippen molar-refractivity contribution in [2.75, 3.05) is 13.1 Å². The van der Waals surface area contributed by atoms with Crippen molar-refractivity contribution in [3.8, 4) is 0 Å². The molecule has 19 heavy (non-hydrogen) atoms. The highest BCUT2D eigenvalue weighted by Crippen LogP contribution is 2.16. The minimum atomic E-state index is -0.414. The molecule has 1 saturated heterocycles. The fourth-order valence-electron chi connectivity index (χ4n) is 1.96. The molecule has 0 saturated carbocycles. The van der Waals surface area contributed by atoms with Gasteiger partial charge in [-0.2, -0.15) is 0 Å². The summed E-state index contributed by atoms with van der Waals surface area (Å²) in [4.78, 5) is 24.6. The molecule has 1 aromatic carbocycles. The molecule has 2 amide bonds. The average molecular weight is 285 g/mol. The quantitative estimate of drug-likeness (QED) is 0.915. The Morgan fingerprint density at radius 3 is 2.89 bits per heavy atom. The topological polar surface area (TPSA) is 49.4 Å². The smallest absolute Gasteiger partial charge is 0.239 e. The standard InChI is InChI=1S/C13H14ClFN2O2/c14-11-6-10(15)4-3-9(11)7-16-12(18)8-17-5-1-2-13(17)19/h3-4,6H,1-2,5,7-8H2,(H,16,18). The third-order valence-electron chi connectivity index (χ3n) is 3.00. The van der Waals surface area contributed by atoms with E-state index in [-0.39, 0.29) is 29.9 Å². The van der Waals surface area contributed by atoms with Gasteiger partial charge in [0, 0.05) is 24.5 Å². The van der Waals surface area contributed by atoms with Gasteiger partial charge in [0.2, 0.25) is 11.8 Å². The van der Waals surface area contributed by atoms with Gasteiger partial charge in [0.15, 0.2) is 0 Å². The molecule has 1 N–H and O–H groups in total. The summed E-state index contributed by atoms with van der Waals surface area (Å²) in [5.74, 6) is -0.645. The second-order valence-electron chi connectivity index (χ2n) is 4.43. The van der Waals surface area contributed by atoms with E-state index >= 15 is 0 Å². The molecule has 1 heterocycles. The van der Waals surface area contributed by atoms with Crippen molar-refractivity contribution >= 4 is 23.4 Å². The lowest BCUT2D eigenvalue weighted by molar-refractivity contribution is -0.133. The molecular weight excluding hydrogens is 271 g/mol. The van der Waals surface area contributed by atoms with Gasteiger partial charge in [-0.25, -0.2) is 4.39 Å². The number of benzene rings is 1. The van der Waals surface area contributed by atoms with E-state index in [1.807, 2.05) is 0 Å². The Morgan fingerprint density at radius 1 is 1.47 bits per heavy atom. The minimum absolute atomic E-state index is 0.00923. The van der Waals surface area contributed by atoms with Crippen molar-refractivity contribution in [2.45, 2.75) is 19.4 Å². The van der Waals surface area contributed by atoms with Crippen LogP contribution in [0.2, 0.25) is 5.02 Å². The second-order valence-corrected chi connectivity index (χ2v) is 4.84. The Hall–Kier alpha value is -1.62. The minimum Gasteiger partial charge on any atom is -0.350 e. The number of halogens is 2. The first-order valence-corrected chi connectivity index (χ1v) is 6.42. The Bertz CT molecular complexity index is 507. The predicted octanol–water partition coefficient (Wildman–Crippen LogP) is 1.72. The molecule has 2 rings (SSSR count). The van der Waals surface area contributed by atoms with Crippen LogP contribution in [0.3, 0.4) is 0 Å². The number of carbonyl (C=O) groups excluding carboxylic acids is 2. The monoisotopic (exact) mass is 284 g/mol. The van der Waals surface area contributed by atoms with Gasteiger partial charge in [-0.15, -0.1) is 0 Å². The van der Waals surface area contributed by atoms with Crippen LogP contribution in [0.4, 0.5) is 4.39 Å². The molecule has 102 valence electrons. The predicted molar refractivity (Wildman–Crippen MR) is 69.1 cm³/mol. The van der Waals surface area contributed by atoms with Gasteiger partial charge in [-0.1, -0.05) is 17.7 Å². The maximum absolute atomic E-state index is 12.8. The van der Waals surface area contributed by atoms with Crippen molar-refractivity contribution in [3.05, 3.63) is 34.6 Å². The zero-order chi connectivity index (χ0) is 13.8. The molecule has 0 aromatic heterocycles. The van der Waals surface area contributed by atoms with Crippen LogP contribution in [0.15, 0.2) is 18.2 Å². The first-order chi connectivity index (χ1) is 9.06. The van der Waals surface area contributed by atoms with E-state index in [1.165, 1.54) is 23.1 Å². The summed E-state index contributed by atoms with van der Waals surface area (Å²) in [6, 6.07) is 4.02. The summed E-state index contributed by atoms with van der Waals surface area (Å²) >= 11 is 5.85. The van der Waals surface area contributed by atoms with Crippen molar-refractivity contribution in [1.82, 2.24) is 10.2 Å². The largest absolute Gasteiger partial charge is 0.350 e. The summed E-state index contributed by atoms with van der Waals surface area (Å²) in [6.45, 7) is 0.918. The molecule has 0 radical (unpaired) electrons. The number of nitrogens with zero attached hydrogens (tertiary/aromatic N) is 1. The molecule has 0 unspecified atom stereocenters. The third kappa shape index (κ3) is 3.67. The normalized spacial score (nSPS) is 14.8.